The van der Waals surface area contributed by atoms with Crippen LogP contribution in [-0.2, 0) is 12.0 Å². The minimum absolute atomic E-state index is 0.0248. The highest BCUT2D eigenvalue weighted by atomic mass is 32.1. The quantitative estimate of drug-likeness (QED) is 0.264. The molecule has 2 aromatic carbocycles. The van der Waals surface area contributed by atoms with Crippen molar-refractivity contribution in [1.82, 2.24) is 20.1 Å². The van der Waals surface area contributed by atoms with E-state index in [9.17, 15) is 4.79 Å². The fraction of sp³-hybridized carbons (Fsp3) is 0.267. The van der Waals surface area contributed by atoms with Gasteiger partial charge >= 0.3 is 0 Å². The molecular weight excluding hydrogens is 510 g/mol. The Morgan fingerprint density at radius 3 is 2.69 bits per heavy atom. The van der Waals surface area contributed by atoms with E-state index in [4.69, 9.17) is 14.6 Å². The summed E-state index contributed by atoms with van der Waals surface area (Å²) in [4.78, 5) is 20.5. The molecule has 0 aliphatic carbocycles. The molecule has 9 heteroatoms. The summed E-state index contributed by atoms with van der Waals surface area (Å²) >= 11 is 1.61. The molecule has 1 aliphatic rings. The number of nitrogens with two attached hydrogens (primary N) is 1. The zero-order valence-electron chi connectivity index (χ0n) is 21.8. The zero-order valence-corrected chi connectivity index (χ0v) is 22.6. The van der Waals surface area contributed by atoms with E-state index >= 15 is 0 Å². The summed E-state index contributed by atoms with van der Waals surface area (Å²) in [6, 6.07) is 17.4. The lowest BCUT2D eigenvalue weighted by Gasteiger charge is -2.23. The number of carbonyl (C=O) groups is 1. The molecule has 0 spiro atoms. The van der Waals surface area contributed by atoms with Crippen LogP contribution in [0, 0.1) is 6.92 Å². The summed E-state index contributed by atoms with van der Waals surface area (Å²) in [5.74, 6) is 0.591. The Morgan fingerprint density at radius 1 is 1.13 bits per heavy atom. The minimum Gasteiger partial charge on any atom is -0.472 e. The summed E-state index contributed by atoms with van der Waals surface area (Å²) in [6.07, 6.45) is 5.64. The molecule has 5 aromatic rings. The number of likely N-dealkylation sites (tertiary alicyclic amines) is 1. The van der Waals surface area contributed by atoms with Gasteiger partial charge in [0, 0.05) is 34.3 Å². The molecule has 8 nitrogen and oxygen atoms in total. The van der Waals surface area contributed by atoms with Crippen LogP contribution in [0.25, 0.3) is 22.6 Å². The van der Waals surface area contributed by atoms with Gasteiger partial charge in [-0.3, -0.25) is 4.79 Å². The molecule has 0 radical (unpaired) electrons. The van der Waals surface area contributed by atoms with Crippen LogP contribution in [0.5, 0.6) is 0 Å². The number of amides is 1. The van der Waals surface area contributed by atoms with Crippen molar-refractivity contribution < 1.29 is 13.6 Å². The maximum absolute atomic E-state index is 13.9. The highest BCUT2D eigenvalue weighted by Crippen LogP contribution is 2.36. The standard InChI is InChI=1S/C30H29N5O3S/c1-19-18-39-27(32-19)25-9-6-11-35(25)28(36)24-14-22(21-10-12-37-17-21)13-23(15-24)26-33-34-29(38-26)30(2,31)16-20-7-4-3-5-8-20/h3-5,7-8,10,12-15,17-18,25H,6,9,11,16,31H2,1-2H3/t25-,30-/m1/s1. The van der Waals surface area contributed by atoms with E-state index in [-0.39, 0.29) is 11.9 Å². The number of hydrogen-bond acceptors (Lipinski definition) is 8. The average Bonchev–Trinajstić information content (AvgIpc) is 3.74. The lowest BCUT2D eigenvalue weighted by molar-refractivity contribution is 0.0735. The minimum atomic E-state index is -0.859. The van der Waals surface area contributed by atoms with Crippen molar-refractivity contribution in [3.63, 3.8) is 0 Å². The van der Waals surface area contributed by atoms with Crippen LogP contribution in [0.15, 0.2) is 81.3 Å². The molecule has 0 bridgehead atoms. The molecular formula is C30H29N5O3S. The maximum atomic E-state index is 13.9. The first-order valence-electron chi connectivity index (χ1n) is 13.0. The van der Waals surface area contributed by atoms with E-state index in [0.717, 1.165) is 40.2 Å². The molecule has 2 N–H and O–H groups in total. The lowest BCUT2D eigenvalue weighted by Crippen LogP contribution is -2.35. The number of aryl methyl sites for hydroxylation is 1. The van der Waals surface area contributed by atoms with Crippen molar-refractivity contribution >= 4 is 17.2 Å². The van der Waals surface area contributed by atoms with Gasteiger partial charge in [0.1, 0.15) is 5.01 Å². The van der Waals surface area contributed by atoms with Gasteiger partial charge in [0.25, 0.3) is 5.91 Å². The normalized spacial score (nSPS) is 16.9. The predicted octanol–water partition coefficient (Wildman–Crippen LogP) is 6.16. The van der Waals surface area contributed by atoms with Crippen molar-refractivity contribution in [3.05, 3.63) is 100 Å². The Kier molecular flexibility index (Phi) is 6.62. The Hall–Kier alpha value is -4.08. The Balaban J connectivity index is 1.35. The maximum Gasteiger partial charge on any atom is 0.254 e. The van der Waals surface area contributed by atoms with Crippen molar-refractivity contribution in [2.24, 2.45) is 5.73 Å². The van der Waals surface area contributed by atoms with Crippen LogP contribution < -0.4 is 5.73 Å². The first kappa shape index (κ1) is 25.2. The first-order valence-corrected chi connectivity index (χ1v) is 13.8. The number of aromatic nitrogens is 3. The van der Waals surface area contributed by atoms with Gasteiger partial charge in [-0.2, -0.15) is 0 Å². The number of benzene rings is 2. The summed E-state index contributed by atoms with van der Waals surface area (Å²) < 4.78 is 11.5. The molecule has 0 unspecified atom stereocenters. The number of hydrogen-bond donors (Lipinski definition) is 1. The molecule has 1 amide bonds. The third kappa shape index (κ3) is 5.15. The molecule has 6 rings (SSSR count). The van der Waals surface area contributed by atoms with E-state index in [1.54, 1.807) is 23.9 Å². The van der Waals surface area contributed by atoms with Crippen molar-refractivity contribution in [2.45, 2.75) is 44.7 Å². The van der Waals surface area contributed by atoms with Gasteiger partial charge in [-0.1, -0.05) is 30.3 Å². The molecule has 2 atom stereocenters. The molecule has 39 heavy (non-hydrogen) atoms. The van der Waals surface area contributed by atoms with Crippen LogP contribution in [0.2, 0.25) is 0 Å². The van der Waals surface area contributed by atoms with Crippen LogP contribution >= 0.6 is 11.3 Å². The van der Waals surface area contributed by atoms with Crippen LogP contribution in [-0.4, -0.2) is 32.5 Å². The average molecular weight is 540 g/mol. The third-order valence-corrected chi connectivity index (χ3v) is 8.11. The van der Waals surface area contributed by atoms with Gasteiger partial charge in [-0.15, -0.1) is 21.5 Å². The molecule has 0 saturated carbocycles. The second-order valence-corrected chi connectivity index (χ2v) is 11.2. The van der Waals surface area contributed by atoms with Crippen molar-refractivity contribution in [2.75, 3.05) is 6.54 Å². The number of rotatable bonds is 7. The summed E-state index contributed by atoms with van der Waals surface area (Å²) in [6.45, 7) is 4.54. The number of furan rings is 1. The highest BCUT2D eigenvalue weighted by molar-refractivity contribution is 7.09. The van der Waals surface area contributed by atoms with Crippen LogP contribution in [0.1, 0.15) is 58.3 Å². The monoisotopic (exact) mass is 539 g/mol. The van der Waals surface area contributed by atoms with Gasteiger partial charge in [0.15, 0.2) is 0 Å². The first-order chi connectivity index (χ1) is 18.9. The van der Waals surface area contributed by atoms with E-state index in [1.165, 1.54) is 0 Å². The number of nitrogens with zero attached hydrogens (tertiary/aromatic N) is 4. The molecule has 4 heterocycles. The van der Waals surface area contributed by atoms with Gasteiger partial charge in [0.2, 0.25) is 11.8 Å². The van der Waals surface area contributed by atoms with E-state index in [1.807, 2.05) is 78.7 Å². The molecule has 1 saturated heterocycles. The van der Waals surface area contributed by atoms with Crippen LogP contribution in [0.4, 0.5) is 0 Å². The summed E-state index contributed by atoms with van der Waals surface area (Å²) in [5, 5.41) is 11.6. The molecule has 3 aromatic heterocycles. The second-order valence-electron chi connectivity index (χ2n) is 10.3. The Labute approximate surface area is 230 Å². The van der Waals surface area contributed by atoms with Crippen molar-refractivity contribution in [3.8, 4) is 22.6 Å². The highest BCUT2D eigenvalue weighted by Gasteiger charge is 2.33. The predicted molar refractivity (Wildman–Crippen MR) is 149 cm³/mol. The van der Waals surface area contributed by atoms with Gasteiger partial charge in [-0.25, -0.2) is 4.98 Å². The van der Waals surface area contributed by atoms with Gasteiger partial charge in [-0.05, 0) is 68.5 Å². The Morgan fingerprint density at radius 2 is 1.95 bits per heavy atom. The third-order valence-electron chi connectivity index (χ3n) is 7.04. The fourth-order valence-corrected chi connectivity index (χ4v) is 6.04. The zero-order chi connectivity index (χ0) is 27.0. The molecule has 1 fully saturated rings. The summed E-state index contributed by atoms with van der Waals surface area (Å²) in [5.41, 5.74) is 10.7. The largest absolute Gasteiger partial charge is 0.472 e. The van der Waals surface area contributed by atoms with Crippen LogP contribution in [0.3, 0.4) is 0 Å². The Bertz CT molecular complexity index is 1590. The van der Waals surface area contributed by atoms with E-state index in [2.05, 4.69) is 15.2 Å². The number of thiazole rings is 1. The molecule has 1 aliphatic heterocycles. The van der Waals surface area contributed by atoms with E-state index < -0.39 is 5.54 Å². The topological polar surface area (TPSA) is 111 Å². The SMILES string of the molecule is Cc1csc([C@H]2CCCN2C(=O)c2cc(-c3ccoc3)cc(-c3nnc([C@](C)(N)Cc4ccccc4)o3)c2)n1. The van der Waals surface area contributed by atoms with Crippen molar-refractivity contribution in [1.29, 1.82) is 0 Å². The fourth-order valence-electron chi connectivity index (χ4n) is 5.09. The van der Waals surface area contributed by atoms with E-state index in [0.29, 0.717) is 35.9 Å². The number of carbonyl (C=O) groups excluding carboxylic acids is 1. The van der Waals surface area contributed by atoms with Gasteiger partial charge < -0.3 is 19.5 Å². The smallest absolute Gasteiger partial charge is 0.254 e. The summed E-state index contributed by atoms with van der Waals surface area (Å²) in [7, 11) is 0. The molecule has 198 valence electrons. The van der Waals surface area contributed by atoms with Gasteiger partial charge in [0.05, 0.1) is 24.1 Å². The lowest BCUT2D eigenvalue weighted by atomic mass is 9.94. The second kappa shape index (κ2) is 10.2.